The van der Waals surface area contributed by atoms with E-state index in [9.17, 15) is 9.18 Å². The van der Waals surface area contributed by atoms with Gasteiger partial charge in [0.15, 0.2) is 5.75 Å². The number of halogens is 3. The van der Waals surface area contributed by atoms with Crippen molar-refractivity contribution < 1.29 is 14.0 Å². The maximum atomic E-state index is 14.3. The summed E-state index contributed by atoms with van der Waals surface area (Å²) in [5, 5.41) is 3.57. The second kappa shape index (κ2) is 8.72. The molecule has 1 aliphatic heterocycles. The summed E-state index contributed by atoms with van der Waals surface area (Å²) in [6, 6.07) is 8.42. The van der Waals surface area contributed by atoms with Crippen LogP contribution in [0.2, 0.25) is 10.0 Å². The van der Waals surface area contributed by atoms with Crippen molar-refractivity contribution in [3.8, 4) is 5.75 Å². The highest BCUT2D eigenvalue weighted by atomic mass is 35.5. The van der Waals surface area contributed by atoms with Crippen molar-refractivity contribution >= 4 is 40.9 Å². The van der Waals surface area contributed by atoms with E-state index in [1.165, 1.54) is 6.07 Å². The molecular weight excluding hydrogens is 434 g/mol. The molecule has 0 radical (unpaired) electrons. The Bertz CT molecular complexity index is 911. The van der Waals surface area contributed by atoms with Gasteiger partial charge in [-0.05, 0) is 55.9 Å². The fourth-order valence-electron chi connectivity index (χ4n) is 3.52. The van der Waals surface area contributed by atoms with Crippen LogP contribution >= 0.6 is 35.0 Å². The normalized spacial score (nSPS) is 18.0. The van der Waals surface area contributed by atoms with E-state index in [0.29, 0.717) is 27.0 Å². The standard InChI is InChI=1S/C21H21Cl2FN2O2S/c22-13-7-14(23)9-16(8-13)29-15-3-5-26(6-4-15)28-20-11-19(24)18(21(25)27)10-17(20)12-1-2-12/h7-12,15H,1-6H2,(H2,25,27). The Hall–Kier alpha value is -1.47. The van der Waals surface area contributed by atoms with E-state index in [1.807, 2.05) is 17.2 Å². The molecular formula is C21H21Cl2FN2O2S. The summed E-state index contributed by atoms with van der Waals surface area (Å²) in [7, 11) is 0. The van der Waals surface area contributed by atoms with Gasteiger partial charge in [0, 0.05) is 44.9 Å². The van der Waals surface area contributed by atoms with Crippen molar-refractivity contribution in [2.24, 2.45) is 5.73 Å². The lowest BCUT2D eigenvalue weighted by Crippen LogP contribution is -2.37. The maximum absolute atomic E-state index is 14.3. The second-order valence-electron chi connectivity index (χ2n) is 7.45. The summed E-state index contributed by atoms with van der Waals surface area (Å²) in [6.07, 6.45) is 3.88. The van der Waals surface area contributed by atoms with Crippen LogP contribution in [0.5, 0.6) is 5.75 Å². The molecule has 8 heteroatoms. The first-order valence-corrected chi connectivity index (χ1v) is 11.2. The van der Waals surface area contributed by atoms with Crippen molar-refractivity contribution in [2.45, 2.75) is 41.7 Å². The van der Waals surface area contributed by atoms with E-state index in [-0.39, 0.29) is 5.56 Å². The molecule has 1 saturated heterocycles. The SMILES string of the molecule is NC(=O)c1cc(C2CC2)c(ON2CCC(Sc3cc(Cl)cc(Cl)c3)CC2)cc1F. The quantitative estimate of drug-likeness (QED) is 0.611. The Morgan fingerprint density at radius 3 is 2.31 bits per heavy atom. The van der Waals surface area contributed by atoms with Gasteiger partial charge in [0.1, 0.15) is 5.82 Å². The molecule has 1 aliphatic carbocycles. The number of hydrogen-bond donors (Lipinski definition) is 1. The van der Waals surface area contributed by atoms with Gasteiger partial charge in [0.05, 0.1) is 5.56 Å². The summed E-state index contributed by atoms with van der Waals surface area (Å²) in [6.45, 7) is 1.46. The number of piperidine rings is 1. The highest BCUT2D eigenvalue weighted by Gasteiger charge is 2.30. The third kappa shape index (κ3) is 5.18. The van der Waals surface area contributed by atoms with E-state index >= 15 is 0 Å². The Kier molecular flexibility index (Phi) is 6.25. The highest BCUT2D eigenvalue weighted by Crippen LogP contribution is 2.45. The molecule has 2 fully saturated rings. The first-order chi connectivity index (χ1) is 13.9. The van der Waals surface area contributed by atoms with Crippen LogP contribution in [0.1, 0.15) is 47.5 Å². The van der Waals surface area contributed by atoms with Crippen LogP contribution in [0.25, 0.3) is 0 Å². The summed E-state index contributed by atoms with van der Waals surface area (Å²) in [5.41, 5.74) is 6.08. The Labute approximate surface area is 183 Å². The zero-order valence-corrected chi connectivity index (χ0v) is 18.0. The molecule has 0 unspecified atom stereocenters. The highest BCUT2D eigenvalue weighted by molar-refractivity contribution is 8.00. The largest absolute Gasteiger partial charge is 0.406 e. The monoisotopic (exact) mass is 454 g/mol. The minimum atomic E-state index is -0.755. The van der Waals surface area contributed by atoms with Crippen LogP contribution in [-0.2, 0) is 0 Å². The van der Waals surface area contributed by atoms with Gasteiger partial charge in [0.2, 0.25) is 0 Å². The van der Waals surface area contributed by atoms with Crippen LogP contribution in [0.3, 0.4) is 0 Å². The van der Waals surface area contributed by atoms with Gasteiger partial charge in [-0.3, -0.25) is 4.79 Å². The number of thioether (sulfide) groups is 1. The average Bonchev–Trinajstić information content (AvgIpc) is 3.47. The third-order valence-corrected chi connectivity index (χ3v) is 6.90. The molecule has 0 aromatic heterocycles. The molecule has 2 N–H and O–H groups in total. The van der Waals surface area contributed by atoms with Crippen LogP contribution in [0.15, 0.2) is 35.2 Å². The lowest BCUT2D eigenvalue weighted by atomic mass is 10.0. The minimum absolute atomic E-state index is 0.0745. The summed E-state index contributed by atoms with van der Waals surface area (Å²) in [5.74, 6) is -0.595. The van der Waals surface area contributed by atoms with E-state index < -0.39 is 11.7 Å². The maximum Gasteiger partial charge on any atom is 0.251 e. The molecule has 29 heavy (non-hydrogen) atoms. The van der Waals surface area contributed by atoms with Gasteiger partial charge in [-0.15, -0.1) is 16.8 Å². The van der Waals surface area contributed by atoms with E-state index in [0.717, 1.165) is 49.2 Å². The lowest BCUT2D eigenvalue weighted by Gasteiger charge is -2.31. The number of primary amides is 1. The van der Waals surface area contributed by atoms with Crippen LogP contribution < -0.4 is 10.6 Å². The minimum Gasteiger partial charge on any atom is -0.406 e. The molecule has 4 nitrogen and oxygen atoms in total. The molecule has 154 valence electrons. The van der Waals surface area contributed by atoms with Crippen molar-refractivity contribution in [3.63, 3.8) is 0 Å². The molecule has 1 saturated carbocycles. The van der Waals surface area contributed by atoms with E-state index in [2.05, 4.69) is 0 Å². The van der Waals surface area contributed by atoms with Gasteiger partial charge in [-0.25, -0.2) is 4.39 Å². The van der Waals surface area contributed by atoms with E-state index in [1.54, 1.807) is 23.9 Å². The van der Waals surface area contributed by atoms with Gasteiger partial charge in [-0.1, -0.05) is 23.2 Å². The number of nitrogens with two attached hydrogens (primary N) is 1. The fourth-order valence-corrected chi connectivity index (χ4v) is 5.40. The Balaban J connectivity index is 1.39. The van der Waals surface area contributed by atoms with Crippen molar-refractivity contribution in [2.75, 3.05) is 13.1 Å². The van der Waals surface area contributed by atoms with Crippen molar-refractivity contribution in [3.05, 3.63) is 57.3 Å². The number of benzene rings is 2. The molecule has 0 atom stereocenters. The van der Waals surface area contributed by atoms with Gasteiger partial charge in [0.25, 0.3) is 5.91 Å². The van der Waals surface area contributed by atoms with Crippen molar-refractivity contribution in [1.29, 1.82) is 0 Å². The first-order valence-electron chi connectivity index (χ1n) is 9.58. The number of hydroxylamine groups is 2. The number of carbonyl (C=O) groups excluding carboxylic acids is 1. The first kappa shape index (κ1) is 20.8. The smallest absolute Gasteiger partial charge is 0.251 e. The van der Waals surface area contributed by atoms with Crippen LogP contribution in [-0.4, -0.2) is 29.3 Å². The molecule has 2 aromatic rings. The number of amides is 1. The zero-order valence-electron chi connectivity index (χ0n) is 15.7. The number of rotatable bonds is 6. The number of nitrogens with zero attached hydrogens (tertiary/aromatic N) is 1. The average molecular weight is 455 g/mol. The molecule has 2 aliphatic rings. The molecule has 1 heterocycles. The van der Waals surface area contributed by atoms with E-state index in [4.69, 9.17) is 33.8 Å². The zero-order chi connectivity index (χ0) is 20.5. The fraction of sp³-hybridized carbons (Fsp3) is 0.381. The third-order valence-electron chi connectivity index (χ3n) is 5.15. The lowest BCUT2D eigenvalue weighted by molar-refractivity contribution is -0.0718. The van der Waals surface area contributed by atoms with Gasteiger partial charge < -0.3 is 10.6 Å². The van der Waals surface area contributed by atoms with Gasteiger partial charge in [-0.2, -0.15) is 0 Å². The number of hydrogen-bond acceptors (Lipinski definition) is 4. The molecule has 0 spiro atoms. The van der Waals surface area contributed by atoms with Gasteiger partial charge >= 0.3 is 0 Å². The molecule has 4 rings (SSSR count). The Morgan fingerprint density at radius 2 is 1.72 bits per heavy atom. The molecule has 0 bridgehead atoms. The summed E-state index contributed by atoms with van der Waals surface area (Å²) < 4.78 is 14.3. The topological polar surface area (TPSA) is 55.6 Å². The number of carbonyl (C=O) groups is 1. The van der Waals surface area contributed by atoms with Crippen molar-refractivity contribution in [1.82, 2.24) is 5.06 Å². The summed E-state index contributed by atoms with van der Waals surface area (Å²) >= 11 is 13.9. The molecule has 1 amide bonds. The molecule has 2 aromatic carbocycles. The van der Waals surface area contributed by atoms with Crippen LogP contribution in [0.4, 0.5) is 4.39 Å². The predicted octanol–water partition coefficient (Wildman–Crippen LogP) is 5.66. The predicted molar refractivity (Wildman–Crippen MR) is 114 cm³/mol. The Morgan fingerprint density at radius 1 is 1.07 bits per heavy atom. The van der Waals surface area contributed by atoms with Crippen LogP contribution in [0, 0.1) is 5.82 Å². The summed E-state index contributed by atoms with van der Waals surface area (Å²) in [4.78, 5) is 18.5. The second-order valence-corrected chi connectivity index (χ2v) is 9.70.